The first-order valence-corrected chi connectivity index (χ1v) is 7.74. The van der Waals surface area contributed by atoms with E-state index in [1.165, 1.54) is 5.56 Å². The lowest BCUT2D eigenvalue weighted by Crippen LogP contribution is -2.37. The number of benzene rings is 1. The van der Waals surface area contributed by atoms with Gasteiger partial charge in [-0.05, 0) is 30.5 Å². The van der Waals surface area contributed by atoms with Crippen molar-refractivity contribution < 1.29 is 0 Å². The number of rotatable bonds is 6. The minimum Gasteiger partial charge on any atom is -0.356 e. The molecule has 0 saturated carbocycles. The number of nitrogens with zero attached hydrogens (tertiary/aromatic N) is 3. The van der Waals surface area contributed by atoms with Crippen molar-refractivity contribution in [1.82, 2.24) is 20.4 Å². The van der Waals surface area contributed by atoms with Gasteiger partial charge in [-0.1, -0.05) is 29.8 Å². The second-order valence-corrected chi connectivity index (χ2v) is 5.49. The summed E-state index contributed by atoms with van der Waals surface area (Å²) in [4.78, 5) is 4.21. The van der Waals surface area contributed by atoms with Crippen molar-refractivity contribution in [2.24, 2.45) is 4.99 Å². The first-order chi connectivity index (χ1) is 10.7. The molecule has 0 aliphatic heterocycles. The number of aliphatic imine (C=N–C) groups is 1. The molecule has 0 spiro atoms. The first-order valence-electron chi connectivity index (χ1n) is 7.36. The lowest BCUT2D eigenvalue weighted by molar-refractivity contribution is 0.570. The lowest BCUT2D eigenvalue weighted by atomic mass is 10.2. The van der Waals surface area contributed by atoms with E-state index in [9.17, 15) is 0 Å². The van der Waals surface area contributed by atoms with Crippen molar-refractivity contribution in [3.8, 4) is 0 Å². The van der Waals surface area contributed by atoms with Crippen LogP contribution in [0.5, 0.6) is 0 Å². The summed E-state index contributed by atoms with van der Waals surface area (Å²) in [6.45, 7) is 4.42. The van der Waals surface area contributed by atoms with Gasteiger partial charge in [-0.2, -0.15) is 5.10 Å². The van der Waals surface area contributed by atoms with Crippen LogP contribution >= 0.6 is 11.6 Å². The van der Waals surface area contributed by atoms with E-state index < -0.39 is 0 Å². The van der Waals surface area contributed by atoms with E-state index in [0.29, 0.717) is 6.54 Å². The maximum Gasteiger partial charge on any atom is 0.191 e. The molecule has 1 heterocycles. The van der Waals surface area contributed by atoms with E-state index >= 15 is 0 Å². The van der Waals surface area contributed by atoms with Gasteiger partial charge >= 0.3 is 0 Å². The molecule has 0 saturated heterocycles. The number of guanidine groups is 1. The predicted molar refractivity (Wildman–Crippen MR) is 91.2 cm³/mol. The Kier molecular flexibility index (Phi) is 6.27. The number of nitrogens with one attached hydrogen (secondary N) is 2. The smallest absolute Gasteiger partial charge is 0.191 e. The summed E-state index contributed by atoms with van der Waals surface area (Å²) in [6, 6.07) is 7.80. The molecule has 5 nitrogen and oxygen atoms in total. The number of hydrogen-bond donors (Lipinski definition) is 2. The standard InChI is InChI=1S/C16H22ClN5/c1-13-10-21-22(12-13)9-5-8-19-16(18-2)20-11-14-6-3-4-7-15(14)17/h3-4,6-7,10,12H,5,8-9,11H2,1-2H3,(H2,18,19,20). The van der Waals surface area contributed by atoms with Crippen molar-refractivity contribution in [2.45, 2.75) is 26.4 Å². The van der Waals surface area contributed by atoms with Crippen LogP contribution in [0.4, 0.5) is 0 Å². The van der Waals surface area contributed by atoms with Gasteiger partial charge in [0, 0.05) is 37.9 Å². The van der Waals surface area contributed by atoms with Crippen molar-refractivity contribution in [3.05, 3.63) is 52.8 Å². The van der Waals surface area contributed by atoms with Crippen molar-refractivity contribution in [3.63, 3.8) is 0 Å². The van der Waals surface area contributed by atoms with E-state index in [2.05, 4.69) is 20.7 Å². The first kappa shape index (κ1) is 16.4. The van der Waals surface area contributed by atoms with Gasteiger partial charge < -0.3 is 10.6 Å². The topological polar surface area (TPSA) is 54.2 Å². The van der Waals surface area contributed by atoms with Crippen LogP contribution < -0.4 is 10.6 Å². The molecule has 6 heteroatoms. The fourth-order valence-corrected chi connectivity index (χ4v) is 2.28. The van der Waals surface area contributed by atoms with Gasteiger partial charge in [0.25, 0.3) is 0 Å². The van der Waals surface area contributed by atoms with Crippen LogP contribution in [-0.2, 0) is 13.1 Å². The molecule has 0 aliphatic carbocycles. The highest BCUT2D eigenvalue weighted by molar-refractivity contribution is 6.31. The zero-order valence-electron chi connectivity index (χ0n) is 13.0. The molecule has 1 aromatic carbocycles. The summed E-state index contributed by atoms with van der Waals surface area (Å²) in [7, 11) is 1.76. The minimum absolute atomic E-state index is 0.650. The SMILES string of the molecule is CN=C(NCCCn1cc(C)cn1)NCc1ccccc1Cl. The van der Waals surface area contributed by atoms with Gasteiger partial charge in [0.2, 0.25) is 0 Å². The van der Waals surface area contributed by atoms with Crippen molar-refractivity contribution >= 4 is 17.6 Å². The van der Waals surface area contributed by atoms with E-state index in [4.69, 9.17) is 11.6 Å². The Bertz CT molecular complexity index is 621. The van der Waals surface area contributed by atoms with Crippen LogP contribution in [0.15, 0.2) is 41.7 Å². The van der Waals surface area contributed by atoms with Crippen molar-refractivity contribution in [2.75, 3.05) is 13.6 Å². The Hall–Kier alpha value is -2.01. The van der Waals surface area contributed by atoms with E-state index in [0.717, 1.165) is 36.1 Å². The van der Waals surface area contributed by atoms with Crippen LogP contribution in [0.25, 0.3) is 0 Å². The molecule has 0 bridgehead atoms. The molecule has 1 aromatic heterocycles. The zero-order valence-corrected chi connectivity index (χ0v) is 13.8. The Labute approximate surface area is 136 Å². The molecular formula is C16H22ClN5. The van der Waals surface area contributed by atoms with E-state index in [1.807, 2.05) is 48.3 Å². The summed E-state index contributed by atoms with van der Waals surface area (Å²) in [5, 5.41) is 11.6. The molecule has 0 unspecified atom stereocenters. The third-order valence-corrected chi connectivity index (χ3v) is 3.62. The molecular weight excluding hydrogens is 298 g/mol. The molecule has 0 atom stereocenters. The number of aryl methyl sites for hydroxylation is 2. The molecule has 0 aliphatic rings. The Morgan fingerprint density at radius 2 is 2.14 bits per heavy atom. The maximum absolute atomic E-state index is 6.14. The normalized spacial score (nSPS) is 11.5. The highest BCUT2D eigenvalue weighted by Gasteiger charge is 2.01. The summed E-state index contributed by atoms with van der Waals surface area (Å²) >= 11 is 6.14. The van der Waals surface area contributed by atoms with Crippen LogP contribution in [0.2, 0.25) is 5.02 Å². The highest BCUT2D eigenvalue weighted by atomic mass is 35.5. The van der Waals surface area contributed by atoms with Crippen LogP contribution in [0.1, 0.15) is 17.5 Å². The summed E-state index contributed by atoms with van der Waals surface area (Å²) < 4.78 is 1.96. The molecule has 2 rings (SSSR count). The van der Waals surface area contributed by atoms with Gasteiger partial charge in [-0.15, -0.1) is 0 Å². The van der Waals surface area contributed by atoms with Crippen LogP contribution in [0, 0.1) is 6.92 Å². The van der Waals surface area contributed by atoms with Crippen LogP contribution in [-0.4, -0.2) is 29.3 Å². The van der Waals surface area contributed by atoms with Crippen molar-refractivity contribution in [1.29, 1.82) is 0 Å². The van der Waals surface area contributed by atoms with Gasteiger partial charge in [-0.3, -0.25) is 9.67 Å². The second kappa shape index (κ2) is 8.44. The van der Waals surface area contributed by atoms with Crippen LogP contribution in [0.3, 0.4) is 0 Å². The van der Waals surface area contributed by atoms with Gasteiger partial charge in [0.15, 0.2) is 5.96 Å². The summed E-state index contributed by atoms with van der Waals surface area (Å²) in [6.07, 6.45) is 4.90. The zero-order chi connectivity index (χ0) is 15.8. The summed E-state index contributed by atoms with van der Waals surface area (Å²) in [5.74, 6) is 0.775. The Balaban J connectivity index is 1.70. The Morgan fingerprint density at radius 1 is 1.32 bits per heavy atom. The monoisotopic (exact) mass is 319 g/mol. The fraction of sp³-hybridized carbons (Fsp3) is 0.375. The largest absolute Gasteiger partial charge is 0.356 e. The number of halogens is 1. The summed E-state index contributed by atoms with van der Waals surface area (Å²) in [5.41, 5.74) is 2.24. The predicted octanol–water partition coefficient (Wildman–Crippen LogP) is 2.60. The molecule has 0 radical (unpaired) electrons. The maximum atomic E-state index is 6.14. The number of hydrogen-bond acceptors (Lipinski definition) is 2. The highest BCUT2D eigenvalue weighted by Crippen LogP contribution is 2.14. The molecule has 2 aromatic rings. The van der Waals surface area contributed by atoms with E-state index in [-0.39, 0.29) is 0 Å². The fourth-order valence-electron chi connectivity index (χ4n) is 2.08. The average molecular weight is 320 g/mol. The Morgan fingerprint density at radius 3 is 2.82 bits per heavy atom. The lowest BCUT2D eigenvalue weighted by Gasteiger charge is -2.12. The third kappa shape index (κ3) is 5.07. The molecule has 0 amide bonds. The molecule has 118 valence electrons. The van der Waals surface area contributed by atoms with E-state index in [1.54, 1.807) is 7.05 Å². The average Bonchev–Trinajstić information content (AvgIpc) is 2.93. The third-order valence-electron chi connectivity index (χ3n) is 3.25. The molecule has 22 heavy (non-hydrogen) atoms. The quantitative estimate of drug-likeness (QED) is 0.489. The van der Waals surface area contributed by atoms with Gasteiger partial charge in [-0.25, -0.2) is 0 Å². The second-order valence-electron chi connectivity index (χ2n) is 5.08. The molecule has 2 N–H and O–H groups in total. The molecule has 0 fully saturated rings. The van der Waals surface area contributed by atoms with Gasteiger partial charge in [0.05, 0.1) is 6.20 Å². The minimum atomic E-state index is 0.650. The van der Waals surface area contributed by atoms with Gasteiger partial charge in [0.1, 0.15) is 0 Å². The number of aromatic nitrogens is 2.